The Bertz CT molecular complexity index is 382. The third kappa shape index (κ3) is 3.06. The van der Waals surface area contributed by atoms with Crippen LogP contribution in [-0.2, 0) is 0 Å². The van der Waals surface area contributed by atoms with Crippen molar-refractivity contribution in [2.75, 3.05) is 18.5 Å². The summed E-state index contributed by atoms with van der Waals surface area (Å²) in [4.78, 5) is 14.4. The average Bonchev–Trinajstić information content (AvgIpc) is 2.27. The highest BCUT2D eigenvalue weighted by Crippen LogP contribution is 2.20. The summed E-state index contributed by atoms with van der Waals surface area (Å²) in [5.74, 6) is -0.901. The van der Waals surface area contributed by atoms with Crippen LogP contribution >= 0.6 is 11.6 Å². The topological polar surface area (TPSA) is 103 Å². The lowest BCUT2D eigenvalue weighted by atomic mass is 10.2. The van der Waals surface area contributed by atoms with Crippen LogP contribution in [0.3, 0.4) is 0 Å². The lowest BCUT2D eigenvalue weighted by Gasteiger charge is -2.14. The molecule has 0 spiro atoms. The van der Waals surface area contributed by atoms with E-state index in [1.807, 2.05) is 0 Å². The molecule has 0 aromatic carbocycles. The minimum Gasteiger partial charge on any atom is -0.478 e. The van der Waals surface area contributed by atoms with E-state index < -0.39 is 12.0 Å². The van der Waals surface area contributed by atoms with Gasteiger partial charge >= 0.3 is 5.97 Å². The van der Waals surface area contributed by atoms with Crippen molar-refractivity contribution >= 4 is 23.4 Å². The summed E-state index contributed by atoms with van der Waals surface area (Å²) in [5, 5.41) is 29.1. The minimum atomic E-state index is -1.12. The largest absolute Gasteiger partial charge is 0.478 e. The molecule has 0 aliphatic rings. The first-order valence-corrected chi connectivity index (χ1v) is 4.83. The van der Waals surface area contributed by atoms with E-state index in [-0.39, 0.29) is 29.6 Å². The Hall–Kier alpha value is -1.37. The molecule has 1 heterocycles. The van der Waals surface area contributed by atoms with Gasteiger partial charge in [0.25, 0.3) is 0 Å². The van der Waals surface area contributed by atoms with E-state index in [2.05, 4.69) is 10.3 Å². The molecular weight excluding hydrogens is 236 g/mol. The number of carboxylic acid groups (broad SMARTS) is 1. The fourth-order valence-electron chi connectivity index (χ4n) is 1.00. The van der Waals surface area contributed by atoms with Crippen LogP contribution in [0.15, 0.2) is 12.3 Å². The van der Waals surface area contributed by atoms with E-state index in [1.165, 1.54) is 6.07 Å². The number of pyridine rings is 1. The average molecular weight is 247 g/mol. The van der Waals surface area contributed by atoms with E-state index >= 15 is 0 Å². The van der Waals surface area contributed by atoms with E-state index in [4.69, 9.17) is 26.9 Å². The number of aliphatic hydroxyl groups excluding tert-OH is 2. The van der Waals surface area contributed by atoms with E-state index in [0.29, 0.717) is 0 Å². The number of halogens is 1. The molecule has 1 aromatic rings. The van der Waals surface area contributed by atoms with Gasteiger partial charge in [-0.2, -0.15) is 0 Å². The monoisotopic (exact) mass is 246 g/mol. The van der Waals surface area contributed by atoms with E-state index in [0.717, 1.165) is 6.20 Å². The Morgan fingerprint density at radius 1 is 1.50 bits per heavy atom. The maximum atomic E-state index is 10.6. The Kier molecular flexibility index (Phi) is 4.48. The molecule has 7 heteroatoms. The first kappa shape index (κ1) is 12.7. The van der Waals surface area contributed by atoms with Crippen LogP contribution in [0.1, 0.15) is 10.4 Å². The normalized spacial score (nSPS) is 10.5. The summed E-state index contributed by atoms with van der Waals surface area (Å²) in [6.45, 7) is -0.565. The highest BCUT2D eigenvalue weighted by molar-refractivity contribution is 6.33. The van der Waals surface area contributed by atoms with Gasteiger partial charge < -0.3 is 20.6 Å². The summed E-state index contributed by atoms with van der Waals surface area (Å²) in [6.07, 6.45) is 1.14. The van der Waals surface area contributed by atoms with Gasteiger partial charge in [0.15, 0.2) is 0 Å². The van der Waals surface area contributed by atoms with Crippen molar-refractivity contribution in [1.82, 2.24) is 4.98 Å². The highest BCUT2D eigenvalue weighted by Gasteiger charge is 2.11. The number of nitrogens with one attached hydrogen (secondary N) is 1. The molecule has 0 radical (unpaired) electrons. The summed E-state index contributed by atoms with van der Waals surface area (Å²) < 4.78 is 0. The quantitative estimate of drug-likeness (QED) is 0.592. The number of hydrogen-bond donors (Lipinski definition) is 4. The third-order valence-corrected chi connectivity index (χ3v) is 2.16. The van der Waals surface area contributed by atoms with Crippen molar-refractivity contribution in [3.05, 3.63) is 22.8 Å². The molecule has 0 bridgehead atoms. The number of nitrogens with zero attached hydrogens (tertiary/aromatic N) is 1. The van der Waals surface area contributed by atoms with E-state index in [1.54, 1.807) is 0 Å². The molecule has 6 nitrogen and oxygen atoms in total. The molecule has 16 heavy (non-hydrogen) atoms. The third-order valence-electron chi connectivity index (χ3n) is 1.87. The first-order chi connectivity index (χ1) is 7.58. The van der Waals surface area contributed by atoms with Gasteiger partial charge in [-0.25, -0.2) is 9.78 Å². The number of aromatic carboxylic acids is 1. The molecule has 0 aliphatic carbocycles. The lowest BCUT2D eigenvalue weighted by molar-refractivity contribution is 0.0696. The standard InChI is InChI=1S/C9H11ClN2O4/c10-7-1-5(9(15)16)2-11-8(7)12-6(3-13)4-14/h1-2,6,13-14H,3-4H2,(H,11,12)(H,15,16). The van der Waals surface area contributed by atoms with Crippen LogP contribution in [0.2, 0.25) is 5.02 Å². The summed E-state index contributed by atoms with van der Waals surface area (Å²) >= 11 is 5.78. The second kappa shape index (κ2) is 5.64. The number of rotatable bonds is 5. The molecule has 1 aromatic heterocycles. The zero-order chi connectivity index (χ0) is 12.1. The Morgan fingerprint density at radius 2 is 2.12 bits per heavy atom. The minimum absolute atomic E-state index is 0.0277. The summed E-state index contributed by atoms with van der Waals surface area (Å²) in [5.41, 5.74) is -0.0277. The molecule has 0 saturated heterocycles. The Morgan fingerprint density at radius 3 is 2.56 bits per heavy atom. The number of carboxylic acids is 1. The fourth-order valence-corrected chi connectivity index (χ4v) is 1.22. The fraction of sp³-hybridized carbons (Fsp3) is 0.333. The van der Waals surface area contributed by atoms with Gasteiger partial charge in [-0.15, -0.1) is 0 Å². The molecule has 4 N–H and O–H groups in total. The first-order valence-electron chi connectivity index (χ1n) is 4.45. The van der Waals surface area contributed by atoms with E-state index in [9.17, 15) is 4.79 Å². The van der Waals surface area contributed by atoms with Gasteiger partial charge in [0.05, 0.1) is 29.8 Å². The number of hydrogen-bond acceptors (Lipinski definition) is 5. The van der Waals surface area contributed by atoms with Crippen molar-refractivity contribution in [2.24, 2.45) is 0 Å². The van der Waals surface area contributed by atoms with Crippen LogP contribution < -0.4 is 5.32 Å². The Balaban J connectivity index is 2.86. The van der Waals surface area contributed by atoms with Gasteiger partial charge in [-0.3, -0.25) is 0 Å². The summed E-state index contributed by atoms with van der Waals surface area (Å²) in [7, 11) is 0. The summed E-state index contributed by atoms with van der Waals surface area (Å²) in [6, 6.07) is 0.658. The molecule has 0 fully saturated rings. The van der Waals surface area contributed by atoms with Crippen molar-refractivity contribution in [1.29, 1.82) is 0 Å². The maximum absolute atomic E-state index is 10.6. The number of anilines is 1. The molecule has 0 unspecified atom stereocenters. The zero-order valence-electron chi connectivity index (χ0n) is 8.22. The van der Waals surface area contributed by atoms with Crippen LogP contribution in [0, 0.1) is 0 Å². The molecule has 0 atom stereocenters. The van der Waals surface area contributed by atoms with Gasteiger partial charge in [0.2, 0.25) is 0 Å². The second-order valence-corrected chi connectivity index (χ2v) is 3.47. The predicted molar refractivity (Wildman–Crippen MR) is 57.8 cm³/mol. The zero-order valence-corrected chi connectivity index (χ0v) is 8.98. The molecule has 0 saturated carbocycles. The lowest BCUT2D eigenvalue weighted by Crippen LogP contribution is -2.28. The smallest absolute Gasteiger partial charge is 0.337 e. The molecule has 0 amide bonds. The van der Waals surface area contributed by atoms with Crippen molar-refractivity contribution in [3.8, 4) is 0 Å². The highest BCUT2D eigenvalue weighted by atomic mass is 35.5. The molecule has 1 rings (SSSR count). The van der Waals surface area contributed by atoms with Crippen LogP contribution in [0.5, 0.6) is 0 Å². The molecule has 88 valence electrons. The van der Waals surface area contributed by atoms with Gasteiger partial charge in [0, 0.05) is 6.20 Å². The molecular formula is C9H11ClN2O4. The SMILES string of the molecule is O=C(O)c1cnc(NC(CO)CO)c(Cl)c1. The predicted octanol–water partition coefficient (Wildman–Crippen LogP) is 0.198. The van der Waals surface area contributed by atoms with Crippen molar-refractivity contribution in [3.63, 3.8) is 0 Å². The van der Waals surface area contributed by atoms with Crippen molar-refractivity contribution < 1.29 is 20.1 Å². The number of carbonyl (C=O) groups is 1. The second-order valence-electron chi connectivity index (χ2n) is 3.07. The number of aliphatic hydroxyl groups is 2. The Labute approximate surface area is 96.5 Å². The molecule has 0 aliphatic heterocycles. The van der Waals surface area contributed by atoms with Crippen LogP contribution in [0.25, 0.3) is 0 Å². The van der Waals surface area contributed by atoms with Crippen LogP contribution in [0.4, 0.5) is 5.82 Å². The van der Waals surface area contributed by atoms with Gasteiger partial charge in [-0.05, 0) is 6.07 Å². The van der Waals surface area contributed by atoms with Gasteiger partial charge in [-0.1, -0.05) is 11.6 Å². The number of aromatic nitrogens is 1. The maximum Gasteiger partial charge on any atom is 0.337 e. The van der Waals surface area contributed by atoms with Crippen LogP contribution in [-0.4, -0.2) is 45.5 Å². The van der Waals surface area contributed by atoms with Crippen molar-refractivity contribution in [2.45, 2.75) is 6.04 Å². The van der Waals surface area contributed by atoms with Gasteiger partial charge in [0.1, 0.15) is 5.82 Å².